The Morgan fingerprint density at radius 2 is 1.92 bits per heavy atom. The first-order valence-corrected chi connectivity index (χ1v) is 8.73. The maximum absolute atomic E-state index is 5.75. The summed E-state index contributed by atoms with van der Waals surface area (Å²) in [6.45, 7) is 9.71. The van der Waals surface area contributed by atoms with Crippen molar-refractivity contribution in [1.82, 2.24) is 15.6 Å². The van der Waals surface area contributed by atoms with Crippen LogP contribution in [0.4, 0.5) is 0 Å². The fourth-order valence-electron chi connectivity index (χ4n) is 2.18. The smallest absolute Gasteiger partial charge is 0.219 e. The molecule has 0 amide bonds. The lowest BCUT2D eigenvalue weighted by molar-refractivity contribution is 0.407. The summed E-state index contributed by atoms with van der Waals surface area (Å²) >= 11 is 0. The number of rotatable bonds is 6. The van der Waals surface area contributed by atoms with E-state index in [2.05, 4.69) is 41.4 Å². The highest BCUT2D eigenvalue weighted by atomic mass is 16.5. The molecule has 1 aromatic carbocycles. The number of nitrogens with zero attached hydrogens (tertiary/aromatic N) is 2. The number of aromatic nitrogens is 1. The minimum absolute atomic E-state index is 0.0479. The molecule has 0 aliphatic rings. The Hall–Kier alpha value is -2.76. The molecule has 140 valence electrons. The van der Waals surface area contributed by atoms with E-state index in [1.54, 1.807) is 13.3 Å². The third-order valence-corrected chi connectivity index (χ3v) is 3.32. The zero-order valence-electron chi connectivity index (χ0n) is 16.2. The van der Waals surface area contributed by atoms with Gasteiger partial charge < -0.3 is 20.1 Å². The fraction of sp³-hybridized carbons (Fsp3) is 0.400. The van der Waals surface area contributed by atoms with Crippen molar-refractivity contribution in [3.05, 3.63) is 48.2 Å². The lowest BCUT2D eigenvalue weighted by Crippen LogP contribution is -2.47. The molecule has 6 heteroatoms. The van der Waals surface area contributed by atoms with Gasteiger partial charge in [0.1, 0.15) is 11.5 Å². The quantitative estimate of drug-likeness (QED) is 0.610. The van der Waals surface area contributed by atoms with Crippen LogP contribution in [0, 0.1) is 0 Å². The molecule has 1 heterocycles. The molecule has 0 saturated heterocycles. The monoisotopic (exact) mass is 356 g/mol. The zero-order chi connectivity index (χ0) is 19.0. The van der Waals surface area contributed by atoms with Gasteiger partial charge in [0.25, 0.3) is 0 Å². The largest absolute Gasteiger partial charge is 0.497 e. The highest BCUT2D eigenvalue weighted by Crippen LogP contribution is 2.23. The Labute approximate surface area is 155 Å². The Morgan fingerprint density at radius 1 is 1.15 bits per heavy atom. The van der Waals surface area contributed by atoms with Crippen LogP contribution in [-0.2, 0) is 6.54 Å². The second-order valence-corrected chi connectivity index (χ2v) is 6.86. The summed E-state index contributed by atoms with van der Waals surface area (Å²) in [5.74, 6) is 2.75. The Balaban J connectivity index is 2.00. The molecule has 0 aliphatic heterocycles. The maximum Gasteiger partial charge on any atom is 0.219 e. The van der Waals surface area contributed by atoms with Crippen molar-refractivity contribution in [1.29, 1.82) is 0 Å². The van der Waals surface area contributed by atoms with Crippen LogP contribution in [-0.4, -0.2) is 30.1 Å². The normalized spacial score (nSPS) is 11.8. The van der Waals surface area contributed by atoms with Crippen LogP contribution < -0.4 is 20.1 Å². The third-order valence-electron chi connectivity index (χ3n) is 3.32. The van der Waals surface area contributed by atoms with Crippen LogP contribution in [0.1, 0.15) is 33.3 Å². The van der Waals surface area contributed by atoms with Gasteiger partial charge in [0.05, 0.1) is 13.7 Å². The van der Waals surface area contributed by atoms with E-state index in [9.17, 15) is 0 Å². The SMILES string of the molecule is CCNC(=NCc1ccc(Oc2cccc(OC)c2)nc1)NC(C)(C)C. The maximum atomic E-state index is 5.75. The highest BCUT2D eigenvalue weighted by molar-refractivity contribution is 5.80. The third kappa shape index (κ3) is 6.63. The van der Waals surface area contributed by atoms with E-state index >= 15 is 0 Å². The molecule has 26 heavy (non-hydrogen) atoms. The lowest BCUT2D eigenvalue weighted by Gasteiger charge is -2.23. The first-order chi connectivity index (χ1) is 12.4. The molecular weight excluding hydrogens is 328 g/mol. The van der Waals surface area contributed by atoms with Crippen molar-refractivity contribution < 1.29 is 9.47 Å². The zero-order valence-corrected chi connectivity index (χ0v) is 16.2. The summed E-state index contributed by atoms with van der Waals surface area (Å²) in [5, 5.41) is 6.61. The number of ether oxygens (including phenoxy) is 2. The van der Waals surface area contributed by atoms with Crippen molar-refractivity contribution in [2.75, 3.05) is 13.7 Å². The molecule has 0 aliphatic carbocycles. The number of nitrogens with one attached hydrogen (secondary N) is 2. The van der Waals surface area contributed by atoms with Crippen molar-refractivity contribution >= 4 is 5.96 Å². The van der Waals surface area contributed by atoms with E-state index in [-0.39, 0.29) is 5.54 Å². The van der Waals surface area contributed by atoms with Gasteiger partial charge in [-0.2, -0.15) is 0 Å². The summed E-state index contributed by atoms with van der Waals surface area (Å²) in [7, 11) is 1.63. The van der Waals surface area contributed by atoms with Crippen LogP contribution in [0.5, 0.6) is 17.4 Å². The van der Waals surface area contributed by atoms with Gasteiger partial charge in [0.15, 0.2) is 5.96 Å². The van der Waals surface area contributed by atoms with Crippen LogP contribution >= 0.6 is 0 Å². The van der Waals surface area contributed by atoms with Crippen molar-refractivity contribution in [2.45, 2.75) is 39.8 Å². The van der Waals surface area contributed by atoms with E-state index in [1.807, 2.05) is 43.3 Å². The molecule has 0 bridgehead atoms. The first-order valence-electron chi connectivity index (χ1n) is 8.73. The van der Waals surface area contributed by atoms with Gasteiger partial charge in [0, 0.05) is 30.4 Å². The summed E-state index contributed by atoms with van der Waals surface area (Å²) in [5.41, 5.74) is 0.961. The van der Waals surface area contributed by atoms with Crippen LogP contribution in [0.25, 0.3) is 0 Å². The Morgan fingerprint density at radius 3 is 2.54 bits per heavy atom. The molecule has 0 radical (unpaired) electrons. The average Bonchev–Trinajstić information content (AvgIpc) is 2.60. The predicted octanol–water partition coefficient (Wildman–Crippen LogP) is 3.74. The van der Waals surface area contributed by atoms with Crippen LogP contribution in [0.15, 0.2) is 47.6 Å². The molecule has 0 saturated carbocycles. The van der Waals surface area contributed by atoms with E-state index in [0.29, 0.717) is 18.2 Å². The number of benzene rings is 1. The molecule has 0 spiro atoms. The Bertz CT molecular complexity index is 721. The second kappa shape index (κ2) is 9.08. The minimum atomic E-state index is -0.0479. The molecule has 6 nitrogen and oxygen atoms in total. The number of guanidine groups is 1. The van der Waals surface area contributed by atoms with E-state index in [4.69, 9.17) is 9.47 Å². The van der Waals surface area contributed by atoms with Crippen LogP contribution in [0.2, 0.25) is 0 Å². The van der Waals surface area contributed by atoms with E-state index in [1.165, 1.54) is 0 Å². The lowest BCUT2D eigenvalue weighted by atomic mass is 10.1. The van der Waals surface area contributed by atoms with Crippen molar-refractivity contribution in [3.8, 4) is 17.4 Å². The van der Waals surface area contributed by atoms with Gasteiger partial charge in [-0.15, -0.1) is 0 Å². The van der Waals surface area contributed by atoms with Gasteiger partial charge in [-0.1, -0.05) is 12.1 Å². The first kappa shape index (κ1) is 19.6. The number of methoxy groups -OCH3 is 1. The highest BCUT2D eigenvalue weighted by Gasteiger charge is 2.11. The molecule has 2 N–H and O–H groups in total. The average molecular weight is 356 g/mol. The summed E-state index contributed by atoms with van der Waals surface area (Å²) < 4.78 is 10.9. The number of hydrogen-bond acceptors (Lipinski definition) is 4. The number of aliphatic imine (C=N–C) groups is 1. The van der Waals surface area contributed by atoms with E-state index < -0.39 is 0 Å². The topological polar surface area (TPSA) is 67.8 Å². The van der Waals surface area contributed by atoms with Crippen LogP contribution in [0.3, 0.4) is 0 Å². The number of hydrogen-bond donors (Lipinski definition) is 2. The van der Waals surface area contributed by atoms with E-state index in [0.717, 1.165) is 23.8 Å². The van der Waals surface area contributed by atoms with Gasteiger partial charge in [0.2, 0.25) is 5.88 Å². The molecule has 0 atom stereocenters. The second-order valence-electron chi connectivity index (χ2n) is 6.86. The van der Waals surface area contributed by atoms with Crippen molar-refractivity contribution in [2.24, 2.45) is 4.99 Å². The summed E-state index contributed by atoms with van der Waals surface area (Å²) in [6, 6.07) is 11.2. The summed E-state index contributed by atoms with van der Waals surface area (Å²) in [4.78, 5) is 8.96. The molecule has 1 aromatic heterocycles. The minimum Gasteiger partial charge on any atom is -0.497 e. The Kier molecular flexibility index (Phi) is 6.83. The van der Waals surface area contributed by atoms with Gasteiger partial charge in [-0.05, 0) is 45.4 Å². The molecular formula is C20H28N4O2. The molecule has 0 unspecified atom stereocenters. The van der Waals surface area contributed by atoms with Crippen molar-refractivity contribution in [3.63, 3.8) is 0 Å². The fourth-order valence-corrected chi connectivity index (χ4v) is 2.18. The van der Waals surface area contributed by atoms with Gasteiger partial charge in [-0.25, -0.2) is 9.98 Å². The predicted molar refractivity (Wildman–Crippen MR) is 105 cm³/mol. The van der Waals surface area contributed by atoms with Gasteiger partial charge in [-0.3, -0.25) is 0 Å². The molecule has 2 rings (SSSR count). The summed E-state index contributed by atoms with van der Waals surface area (Å²) in [6.07, 6.45) is 1.78. The molecule has 2 aromatic rings. The molecule has 0 fully saturated rings. The number of pyridine rings is 1. The van der Waals surface area contributed by atoms with Gasteiger partial charge >= 0.3 is 0 Å². The standard InChI is InChI=1S/C20H28N4O2/c1-6-21-19(24-20(2,3)4)23-14-15-10-11-18(22-13-15)26-17-9-7-8-16(12-17)25-5/h7-13H,6,14H2,1-5H3,(H2,21,23,24).